The van der Waals surface area contributed by atoms with Crippen LogP contribution in [0, 0.1) is 5.41 Å². The molecule has 1 heterocycles. The average Bonchev–Trinajstić information content (AvgIpc) is 2.38. The molecule has 1 fully saturated rings. The minimum Gasteiger partial charge on any atom is -0.378 e. The first kappa shape index (κ1) is 13.1. The molecular weight excluding hydrogens is 228 g/mol. The van der Waals surface area contributed by atoms with E-state index in [9.17, 15) is 0 Å². The molecule has 0 aromatic carbocycles. The maximum atomic E-state index is 5.72. The zero-order valence-electron chi connectivity index (χ0n) is 11.5. The van der Waals surface area contributed by atoms with Crippen molar-refractivity contribution in [3.05, 3.63) is 12.4 Å². The Bertz CT molecular complexity index is 408. The maximum absolute atomic E-state index is 5.72. The smallest absolute Gasteiger partial charge is 0.131 e. The molecular formula is C13H22N4O. The molecule has 5 heteroatoms. The summed E-state index contributed by atoms with van der Waals surface area (Å²) >= 11 is 0. The van der Waals surface area contributed by atoms with Crippen LogP contribution in [0.2, 0.25) is 0 Å². The summed E-state index contributed by atoms with van der Waals surface area (Å²) in [5, 5.41) is 6.47. The van der Waals surface area contributed by atoms with E-state index in [0.717, 1.165) is 24.7 Å². The van der Waals surface area contributed by atoms with Crippen molar-refractivity contribution in [3.63, 3.8) is 0 Å². The van der Waals surface area contributed by atoms with E-state index in [1.54, 1.807) is 6.33 Å². The summed E-state index contributed by atoms with van der Waals surface area (Å²) in [6.07, 6.45) is 2.94. The molecule has 0 aliphatic heterocycles. The van der Waals surface area contributed by atoms with Crippen molar-refractivity contribution in [3.8, 4) is 0 Å². The number of nitrogens with zero attached hydrogens (tertiary/aromatic N) is 2. The van der Waals surface area contributed by atoms with Crippen LogP contribution in [0.4, 0.5) is 11.6 Å². The van der Waals surface area contributed by atoms with Crippen molar-refractivity contribution >= 4 is 11.6 Å². The highest BCUT2D eigenvalue weighted by Crippen LogP contribution is 2.44. The summed E-state index contributed by atoms with van der Waals surface area (Å²) in [6, 6.07) is 2.32. The van der Waals surface area contributed by atoms with Gasteiger partial charge in [-0.2, -0.15) is 0 Å². The fourth-order valence-electron chi connectivity index (χ4n) is 2.37. The third kappa shape index (κ3) is 2.41. The summed E-state index contributed by atoms with van der Waals surface area (Å²) in [4.78, 5) is 8.35. The highest BCUT2D eigenvalue weighted by atomic mass is 16.5. The second kappa shape index (κ2) is 5.10. The van der Waals surface area contributed by atoms with Gasteiger partial charge in [-0.3, -0.25) is 0 Å². The molecule has 2 atom stereocenters. The van der Waals surface area contributed by atoms with Crippen LogP contribution in [0.15, 0.2) is 12.4 Å². The summed E-state index contributed by atoms with van der Waals surface area (Å²) in [6.45, 7) is 7.28. The van der Waals surface area contributed by atoms with Crippen LogP contribution in [0.1, 0.15) is 27.2 Å². The van der Waals surface area contributed by atoms with Gasteiger partial charge in [-0.25, -0.2) is 9.97 Å². The van der Waals surface area contributed by atoms with E-state index < -0.39 is 0 Å². The van der Waals surface area contributed by atoms with Gasteiger partial charge in [0.15, 0.2) is 0 Å². The Morgan fingerprint density at radius 2 is 2.11 bits per heavy atom. The third-order valence-corrected chi connectivity index (χ3v) is 3.79. The number of anilines is 2. The van der Waals surface area contributed by atoms with Crippen molar-refractivity contribution in [2.75, 3.05) is 24.3 Å². The van der Waals surface area contributed by atoms with Gasteiger partial charge in [0, 0.05) is 31.2 Å². The first-order valence-corrected chi connectivity index (χ1v) is 6.45. The number of nitrogens with one attached hydrogen (secondary N) is 2. The molecule has 0 radical (unpaired) electrons. The van der Waals surface area contributed by atoms with Crippen LogP contribution in [0.25, 0.3) is 0 Å². The van der Waals surface area contributed by atoms with E-state index in [4.69, 9.17) is 4.74 Å². The third-order valence-electron chi connectivity index (χ3n) is 3.79. The topological polar surface area (TPSA) is 59.1 Å². The van der Waals surface area contributed by atoms with Gasteiger partial charge in [0.1, 0.15) is 18.0 Å². The van der Waals surface area contributed by atoms with E-state index in [0.29, 0.717) is 12.1 Å². The van der Waals surface area contributed by atoms with Crippen molar-refractivity contribution < 1.29 is 4.74 Å². The molecule has 100 valence electrons. The Kier molecular flexibility index (Phi) is 3.71. The zero-order valence-corrected chi connectivity index (χ0v) is 11.5. The molecule has 2 rings (SSSR count). The van der Waals surface area contributed by atoms with Gasteiger partial charge in [0.2, 0.25) is 0 Å². The maximum Gasteiger partial charge on any atom is 0.131 e. The normalized spacial score (nSPS) is 25.3. The van der Waals surface area contributed by atoms with Crippen LogP contribution in [0.5, 0.6) is 0 Å². The van der Waals surface area contributed by atoms with Gasteiger partial charge in [-0.05, 0) is 13.3 Å². The summed E-state index contributed by atoms with van der Waals surface area (Å²) < 4.78 is 5.72. The second-order valence-electron chi connectivity index (χ2n) is 5.24. The number of hydrogen-bond donors (Lipinski definition) is 2. The molecule has 5 nitrogen and oxygen atoms in total. The zero-order chi connectivity index (χ0) is 13.2. The minimum atomic E-state index is 0.140. The molecule has 0 saturated heterocycles. The Balaban J connectivity index is 1.98. The summed E-state index contributed by atoms with van der Waals surface area (Å²) in [5.41, 5.74) is 0.140. The minimum absolute atomic E-state index is 0.140. The van der Waals surface area contributed by atoms with Gasteiger partial charge in [-0.1, -0.05) is 13.8 Å². The molecule has 0 bridgehead atoms. The van der Waals surface area contributed by atoms with Crippen LogP contribution in [0.3, 0.4) is 0 Å². The summed E-state index contributed by atoms with van der Waals surface area (Å²) in [7, 11) is 1.85. The second-order valence-corrected chi connectivity index (χ2v) is 5.24. The first-order chi connectivity index (χ1) is 8.57. The van der Waals surface area contributed by atoms with Crippen LogP contribution in [-0.2, 0) is 4.74 Å². The molecule has 1 aromatic heterocycles. The molecule has 1 aliphatic carbocycles. The van der Waals surface area contributed by atoms with Crippen LogP contribution >= 0.6 is 0 Å². The van der Waals surface area contributed by atoms with Gasteiger partial charge < -0.3 is 15.4 Å². The molecule has 2 N–H and O–H groups in total. The fourth-order valence-corrected chi connectivity index (χ4v) is 2.37. The summed E-state index contributed by atoms with van der Waals surface area (Å²) in [5.74, 6) is 1.69. The predicted octanol–water partition coefficient (Wildman–Crippen LogP) is 2.13. The highest BCUT2D eigenvalue weighted by Gasteiger charge is 2.49. The van der Waals surface area contributed by atoms with Crippen molar-refractivity contribution in [2.45, 2.75) is 39.3 Å². The van der Waals surface area contributed by atoms with E-state index in [-0.39, 0.29) is 5.41 Å². The number of aromatic nitrogens is 2. The lowest BCUT2D eigenvalue weighted by Gasteiger charge is -2.51. The van der Waals surface area contributed by atoms with Crippen molar-refractivity contribution in [1.82, 2.24) is 9.97 Å². The van der Waals surface area contributed by atoms with Crippen LogP contribution < -0.4 is 10.6 Å². The molecule has 1 aromatic rings. The molecule has 1 saturated carbocycles. The molecule has 1 aliphatic rings. The Morgan fingerprint density at radius 3 is 2.72 bits per heavy atom. The van der Waals surface area contributed by atoms with Gasteiger partial charge >= 0.3 is 0 Å². The van der Waals surface area contributed by atoms with Crippen molar-refractivity contribution in [2.24, 2.45) is 5.41 Å². The Labute approximate surface area is 108 Å². The average molecular weight is 250 g/mol. The number of rotatable bonds is 5. The number of hydrogen-bond acceptors (Lipinski definition) is 5. The largest absolute Gasteiger partial charge is 0.378 e. The van der Waals surface area contributed by atoms with Crippen LogP contribution in [-0.4, -0.2) is 35.8 Å². The van der Waals surface area contributed by atoms with Gasteiger partial charge in [0.05, 0.1) is 6.10 Å². The molecule has 0 spiro atoms. The quantitative estimate of drug-likeness (QED) is 0.838. The van der Waals surface area contributed by atoms with E-state index in [2.05, 4.69) is 34.4 Å². The van der Waals surface area contributed by atoms with Gasteiger partial charge in [0.25, 0.3) is 0 Å². The standard InChI is InChI=1S/C13H22N4O/c1-5-18-10-6-9(13(10,2)3)17-12-7-11(14-4)15-8-16-12/h7-10H,5-6H2,1-4H3,(H2,14,15,16,17). The molecule has 0 amide bonds. The van der Waals surface area contributed by atoms with E-state index in [1.807, 2.05) is 20.0 Å². The fraction of sp³-hybridized carbons (Fsp3) is 0.692. The SMILES string of the molecule is CCOC1CC(Nc2cc(NC)ncn2)C1(C)C. The lowest BCUT2D eigenvalue weighted by atomic mass is 9.64. The first-order valence-electron chi connectivity index (χ1n) is 6.45. The Morgan fingerprint density at radius 1 is 1.39 bits per heavy atom. The monoisotopic (exact) mass is 250 g/mol. The molecule has 18 heavy (non-hydrogen) atoms. The van der Waals surface area contributed by atoms with E-state index >= 15 is 0 Å². The highest BCUT2D eigenvalue weighted by molar-refractivity contribution is 5.47. The lowest BCUT2D eigenvalue weighted by molar-refractivity contribution is -0.0976. The Hall–Kier alpha value is -1.36. The number of ether oxygens (including phenoxy) is 1. The lowest BCUT2D eigenvalue weighted by Crippen LogP contribution is -2.58. The van der Waals surface area contributed by atoms with Crippen molar-refractivity contribution in [1.29, 1.82) is 0 Å². The predicted molar refractivity (Wildman–Crippen MR) is 72.8 cm³/mol. The van der Waals surface area contributed by atoms with E-state index in [1.165, 1.54) is 0 Å². The molecule has 2 unspecified atom stereocenters. The van der Waals surface area contributed by atoms with Gasteiger partial charge in [-0.15, -0.1) is 0 Å².